The summed E-state index contributed by atoms with van der Waals surface area (Å²) in [5, 5.41) is 18.9. The number of unbranched alkanes of at least 4 members (excludes halogenated alkanes) is 1. The number of nitrogens with two attached hydrogens (primary N) is 1. The van der Waals surface area contributed by atoms with E-state index in [0.29, 0.717) is 31.0 Å². The van der Waals surface area contributed by atoms with Crippen molar-refractivity contribution in [3.8, 4) is 0 Å². The van der Waals surface area contributed by atoms with Gasteiger partial charge in [-0.05, 0) is 42.7 Å². The number of nitrogens with zero attached hydrogens (tertiary/aromatic N) is 2. The number of sulfonamides is 1. The second-order valence-electron chi connectivity index (χ2n) is 5.82. The van der Waals surface area contributed by atoms with Crippen LogP contribution in [0.25, 0.3) is 0 Å². The number of rotatable bonds is 9. The van der Waals surface area contributed by atoms with Crippen molar-refractivity contribution in [3.05, 3.63) is 42.0 Å². The molecule has 9 heteroatoms. The van der Waals surface area contributed by atoms with Crippen LogP contribution in [0, 0.1) is 0 Å². The smallest absolute Gasteiger partial charge is 0.238 e. The Labute approximate surface area is 153 Å². The quantitative estimate of drug-likeness (QED) is 0.612. The first-order valence-corrected chi connectivity index (χ1v) is 9.92. The molecule has 0 spiro atoms. The first kappa shape index (κ1) is 19.8. The van der Waals surface area contributed by atoms with E-state index in [1.807, 2.05) is 6.92 Å². The molecule has 2 rings (SSSR count). The summed E-state index contributed by atoms with van der Waals surface area (Å²) in [6, 6.07) is 9.86. The predicted molar refractivity (Wildman–Crippen MR) is 100 cm³/mol. The van der Waals surface area contributed by atoms with E-state index < -0.39 is 10.0 Å². The Morgan fingerprint density at radius 3 is 2.31 bits per heavy atom. The first-order chi connectivity index (χ1) is 12.4. The van der Waals surface area contributed by atoms with Gasteiger partial charge in [0.2, 0.25) is 15.9 Å². The Morgan fingerprint density at radius 2 is 1.73 bits per heavy atom. The molecule has 0 radical (unpaired) electrons. The van der Waals surface area contributed by atoms with Crippen LogP contribution in [0.15, 0.2) is 41.3 Å². The number of carbonyl (C=O) groups excluding carboxylic acids is 1. The van der Waals surface area contributed by atoms with Gasteiger partial charge in [-0.2, -0.15) is 0 Å². The van der Waals surface area contributed by atoms with Gasteiger partial charge in [-0.1, -0.05) is 25.5 Å². The summed E-state index contributed by atoms with van der Waals surface area (Å²) in [7, 11) is -3.67. The highest BCUT2D eigenvalue weighted by atomic mass is 32.2. The zero-order valence-corrected chi connectivity index (χ0v) is 15.4. The molecule has 0 unspecified atom stereocenters. The lowest BCUT2D eigenvalue weighted by Crippen LogP contribution is -2.13. The molecule has 0 saturated carbocycles. The predicted octanol–water partition coefficient (Wildman–Crippen LogP) is 1.91. The maximum Gasteiger partial charge on any atom is 0.238 e. The van der Waals surface area contributed by atoms with Crippen molar-refractivity contribution in [1.29, 1.82) is 0 Å². The highest BCUT2D eigenvalue weighted by Crippen LogP contribution is 2.10. The van der Waals surface area contributed by atoms with Crippen molar-refractivity contribution in [1.82, 2.24) is 10.2 Å². The number of nitrogens with one attached hydrogen (secondary N) is 2. The second kappa shape index (κ2) is 9.25. The Morgan fingerprint density at radius 1 is 1.08 bits per heavy atom. The molecule has 0 aliphatic heterocycles. The summed E-state index contributed by atoms with van der Waals surface area (Å²) >= 11 is 0. The van der Waals surface area contributed by atoms with E-state index in [-0.39, 0.29) is 10.8 Å². The van der Waals surface area contributed by atoms with Crippen LogP contribution >= 0.6 is 0 Å². The minimum atomic E-state index is -3.67. The fourth-order valence-corrected chi connectivity index (χ4v) is 2.73. The summed E-state index contributed by atoms with van der Waals surface area (Å²) in [5.74, 6) is 0.956. The Hall–Kier alpha value is -2.52. The minimum absolute atomic E-state index is 0.0650. The molecule has 0 aliphatic carbocycles. The van der Waals surface area contributed by atoms with Gasteiger partial charge in [0.15, 0.2) is 5.82 Å². The second-order valence-corrected chi connectivity index (χ2v) is 7.38. The zero-order chi connectivity index (χ0) is 19.0. The lowest BCUT2D eigenvalue weighted by atomic mass is 10.1. The van der Waals surface area contributed by atoms with E-state index >= 15 is 0 Å². The zero-order valence-electron chi connectivity index (χ0n) is 14.6. The van der Waals surface area contributed by atoms with Crippen LogP contribution in [0.1, 0.15) is 31.7 Å². The van der Waals surface area contributed by atoms with Crippen LogP contribution in [0.3, 0.4) is 0 Å². The first-order valence-electron chi connectivity index (χ1n) is 8.37. The Bertz CT molecular complexity index is 820. The fraction of sp³-hybridized carbons (Fsp3) is 0.353. The summed E-state index contributed by atoms with van der Waals surface area (Å²) < 4.78 is 22.4. The standard InChI is InChI=1S/C17H23N5O3S/c1-2-3-4-17(23)20-16-10-9-15(21-22-16)19-12-11-13-5-7-14(8-6-13)26(18,24)25/h5-10H,2-4,11-12H2,1H3,(H,19,21)(H2,18,24,25)(H,20,22,23). The summed E-state index contributed by atoms with van der Waals surface area (Å²) in [6.45, 7) is 2.63. The normalized spacial score (nSPS) is 11.2. The number of hydrogen-bond donors (Lipinski definition) is 3. The molecule has 0 fully saturated rings. The molecule has 0 saturated heterocycles. The SMILES string of the molecule is CCCCC(=O)Nc1ccc(NCCc2ccc(S(N)(=O)=O)cc2)nn1. The Kier molecular flexibility index (Phi) is 7.05. The molecule has 0 aliphatic rings. The summed E-state index contributed by atoms with van der Waals surface area (Å²) in [6.07, 6.45) is 2.97. The molecule has 4 N–H and O–H groups in total. The van der Waals surface area contributed by atoms with Gasteiger partial charge in [-0.3, -0.25) is 4.79 Å². The summed E-state index contributed by atoms with van der Waals surface area (Å²) in [5.41, 5.74) is 0.970. The average molecular weight is 377 g/mol. The van der Waals surface area contributed by atoms with E-state index in [2.05, 4.69) is 20.8 Å². The van der Waals surface area contributed by atoms with Gasteiger partial charge in [0.25, 0.3) is 0 Å². The third-order valence-electron chi connectivity index (χ3n) is 3.66. The fourth-order valence-electron chi connectivity index (χ4n) is 2.22. The van der Waals surface area contributed by atoms with Crippen LogP contribution in [0.4, 0.5) is 11.6 Å². The van der Waals surface area contributed by atoms with Crippen LogP contribution in [-0.4, -0.2) is 31.1 Å². The third-order valence-corrected chi connectivity index (χ3v) is 4.59. The van der Waals surface area contributed by atoms with Gasteiger partial charge >= 0.3 is 0 Å². The minimum Gasteiger partial charge on any atom is -0.368 e. The number of hydrogen-bond acceptors (Lipinski definition) is 6. The van der Waals surface area contributed by atoms with Gasteiger partial charge in [0.05, 0.1) is 4.90 Å². The number of primary sulfonamides is 1. The molecule has 0 bridgehead atoms. The maximum atomic E-state index is 11.6. The van der Waals surface area contributed by atoms with Gasteiger partial charge in [0.1, 0.15) is 5.82 Å². The molecular weight excluding hydrogens is 354 g/mol. The number of benzene rings is 1. The van der Waals surface area contributed by atoms with Gasteiger partial charge in [-0.15, -0.1) is 10.2 Å². The number of anilines is 2. The largest absolute Gasteiger partial charge is 0.368 e. The van der Waals surface area contributed by atoms with Crippen LogP contribution in [0.2, 0.25) is 0 Å². The molecule has 140 valence electrons. The van der Waals surface area contributed by atoms with Gasteiger partial charge < -0.3 is 10.6 Å². The van der Waals surface area contributed by atoms with Crippen molar-refractivity contribution >= 4 is 27.6 Å². The lowest BCUT2D eigenvalue weighted by molar-refractivity contribution is -0.116. The molecule has 1 aromatic carbocycles. The van der Waals surface area contributed by atoms with Crippen molar-refractivity contribution in [3.63, 3.8) is 0 Å². The van der Waals surface area contributed by atoms with Crippen molar-refractivity contribution in [2.45, 2.75) is 37.5 Å². The van der Waals surface area contributed by atoms with Crippen LogP contribution in [0.5, 0.6) is 0 Å². The topological polar surface area (TPSA) is 127 Å². The molecule has 0 atom stereocenters. The summed E-state index contributed by atoms with van der Waals surface area (Å²) in [4.78, 5) is 11.7. The van der Waals surface area contributed by atoms with Crippen molar-refractivity contribution in [2.75, 3.05) is 17.2 Å². The van der Waals surface area contributed by atoms with Gasteiger partial charge in [-0.25, -0.2) is 13.6 Å². The molecular formula is C17H23N5O3S. The van der Waals surface area contributed by atoms with Crippen LogP contribution < -0.4 is 15.8 Å². The third kappa shape index (κ3) is 6.41. The lowest BCUT2D eigenvalue weighted by Gasteiger charge is -2.07. The van der Waals surface area contributed by atoms with Crippen molar-refractivity contribution < 1.29 is 13.2 Å². The number of amides is 1. The number of aromatic nitrogens is 2. The van der Waals surface area contributed by atoms with Crippen molar-refractivity contribution in [2.24, 2.45) is 5.14 Å². The molecule has 2 aromatic rings. The van der Waals surface area contributed by atoms with E-state index in [1.54, 1.807) is 24.3 Å². The molecule has 1 heterocycles. The average Bonchev–Trinajstić information content (AvgIpc) is 2.61. The molecule has 1 amide bonds. The maximum absolute atomic E-state index is 11.6. The van der Waals surface area contributed by atoms with E-state index in [9.17, 15) is 13.2 Å². The molecule has 8 nitrogen and oxygen atoms in total. The Balaban J connectivity index is 1.80. The van der Waals surface area contributed by atoms with Gasteiger partial charge in [0, 0.05) is 13.0 Å². The number of carbonyl (C=O) groups is 1. The van der Waals surface area contributed by atoms with E-state index in [1.165, 1.54) is 12.1 Å². The van der Waals surface area contributed by atoms with E-state index in [0.717, 1.165) is 18.4 Å². The van der Waals surface area contributed by atoms with Crippen LogP contribution in [-0.2, 0) is 21.2 Å². The highest BCUT2D eigenvalue weighted by molar-refractivity contribution is 7.89. The van der Waals surface area contributed by atoms with E-state index in [4.69, 9.17) is 5.14 Å². The highest BCUT2D eigenvalue weighted by Gasteiger charge is 2.07. The molecule has 1 aromatic heterocycles. The molecule has 26 heavy (non-hydrogen) atoms. The monoisotopic (exact) mass is 377 g/mol.